The van der Waals surface area contributed by atoms with Gasteiger partial charge >= 0.3 is 0 Å². The molecule has 1 aromatic rings. The zero-order valence-electron chi connectivity index (χ0n) is 11.0. The second kappa shape index (κ2) is 3.83. The van der Waals surface area contributed by atoms with E-state index < -0.39 is 0 Å². The van der Waals surface area contributed by atoms with E-state index in [-0.39, 0.29) is 5.41 Å². The third-order valence-corrected chi connectivity index (χ3v) is 3.54. The van der Waals surface area contributed by atoms with Crippen LogP contribution in [-0.2, 0) is 11.8 Å². The molecule has 2 heteroatoms. The topological polar surface area (TPSA) is 25.8 Å². The van der Waals surface area contributed by atoms with Crippen LogP contribution in [0.4, 0.5) is 0 Å². The van der Waals surface area contributed by atoms with E-state index in [0.717, 1.165) is 6.42 Å². The molecule has 0 aromatic carbocycles. The predicted molar refractivity (Wildman–Crippen MR) is 66.6 cm³/mol. The molecule has 1 heterocycles. The van der Waals surface area contributed by atoms with Gasteiger partial charge in [-0.15, -0.1) is 0 Å². The maximum Gasteiger partial charge on any atom is 0.115 e. The second-order valence-electron chi connectivity index (χ2n) is 6.22. The number of hydrogen-bond donors (Lipinski definition) is 0. The van der Waals surface area contributed by atoms with Gasteiger partial charge in [0, 0.05) is 11.1 Å². The van der Waals surface area contributed by atoms with E-state index in [1.165, 1.54) is 23.4 Å². The van der Waals surface area contributed by atoms with Crippen molar-refractivity contribution < 1.29 is 0 Å². The van der Waals surface area contributed by atoms with Crippen LogP contribution >= 0.6 is 0 Å². The van der Waals surface area contributed by atoms with Crippen LogP contribution in [0, 0.1) is 5.92 Å². The van der Waals surface area contributed by atoms with E-state index in [1.807, 2.05) is 0 Å². The Labute approximate surface area is 98.5 Å². The van der Waals surface area contributed by atoms with E-state index in [0.29, 0.717) is 11.8 Å². The van der Waals surface area contributed by atoms with Crippen LogP contribution in [0.3, 0.4) is 0 Å². The van der Waals surface area contributed by atoms with Crippen molar-refractivity contribution in [1.29, 1.82) is 0 Å². The van der Waals surface area contributed by atoms with Crippen molar-refractivity contribution in [2.45, 2.75) is 58.8 Å². The van der Waals surface area contributed by atoms with Crippen LogP contribution in [0.2, 0.25) is 0 Å². The standard InChI is InChI=1S/C14H22N2/c1-9(2)10-6-7-11-12(10)13(14(3,4)5)16-8-15-11/h8-10H,6-7H2,1-5H3/t10-/m0/s1. The fourth-order valence-electron chi connectivity index (χ4n) is 2.72. The van der Waals surface area contributed by atoms with Crippen molar-refractivity contribution in [1.82, 2.24) is 9.97 Å². The summed E-state index contributed by atoms with van der Waals surface area (Å²) in [6.45, 7) is 11.3. The molecule has 0 radical (unpaired) electrons. The van der Waals surface area contributed by atoms with Crippen LogP contribution in [0.1, 0.15) is 63.9 Å². The molecule has 1 aliphatic carbocycles. The van der Waals surface area contributed by atoms with Crippen molar-refractivity contribution in [3.05, 3.63) is 23.3 Å². The molecule has 16 heavy (non-hydrogen) atoms. The quantitative estimate of drug-likeness (QED) is 0.721. The van der Waals surface area contributed by atoms with Crippen LogP contribution in [0.25, 0.3) is 0 Å². The summed E-state index contributed by atoms with van der Waals surface area (Å²) in [4.78, 5) is 9.00. The Morgan fingerprint density at radius 1 is 1.25 bits per heavy atom. The van der Waals surface area contributed by atoms with Crippen molar-refractivity contribution in [3.63, 3.8) is 0 Å². The Kier molecular flexibility index (Phi) is 2.77. The van der Waals surface area contributed by atoms with E-state index in [4.69, 9.17) is 0 Å². The maximum atomic E-state index is 4.54. The van der Waals surface area contributed by atoms with Crippen LogP contribution in [0.15, 0.2) is 6.33 Å². The number of nitrogens with zero attached hydrogens (tertiary/aromatic N) is 2. The molecular weight excluding hydrogens is 196 g/mol. The van der Waals surface area contributed by atoms with Crippen molar-refractivity contribution in [2.75, 3.05) is 0 Å². The molecule has 0 saturated heterocycles. The first-order valence-electron chi connectivity index (χ1n) is 6.25. The monoisotopic (exact) mass is 218 g/mol. The smallest absolute Gasteiger partial charge is 0.115 e. The molecule has 2 nitrogen and oxygen atoms in total. The first-order valence-corrected chi connectivity index (χ1v) is 6.25. The highest BCUT2D eigenvalue weighted by Crippen LogP contribution is 2.41. The molecule has 0 aliphatic heterocycles. The summed E-state index contributed by atoms with van der Waals surface area (Å²) < 4.78 is 0. The molecule has 2 rings (SSSR count). The number of aryl methyl sites for hydroxylation is 1. The third kappa shape index (κ3) is 1.85. The Morgan fingerprint density at radius 2 is 1.94 bits per heavy atom. The van der Waals surface area contributed by atoms with Gasteiger partial charge in [-0.05, 0) is 30.2 Å². The van der Waals surface area contributed by atoms with E-state index in [2.05, 4.69) is 44.6 Å². The van der Waals surface area contributed by atoms with Gasteiger partial charge in [0.15, 0.2) is 0 Å². The molecule has 88 valence electrons. The Bertz CT molecular complexity index is 388. The SMILES string of the molecule is CC(C)[C@@H]1CCc2ncnc(C(C)(C)C)c21. The zero-order chi connectivity index (χ0) is 11.9. The summed E-state index contributed by atoms with van der Waals surface area (Å²) >= 11 is 0. The van der Waals surface area contributed by atoms with Crippen LogP contribution in [0.5, 0.6) is 0 Å². The predicted octanol–water partition coefficient (Wildman–Crippen LogP) is 3.46. The van der Waals surface area contributed by atoms with E-state index in [1.54, 1.807) is 6.33 Å². The van der Waals surface area contributed by atoms with E-state index >= 15 is 0 Å². The van der Waals surface area contributed by atoms with Crippen molar-refractivity contribution in [2.24, 2.45) is 5.92 Å². The molecule has 0 amide bonds. The first kappa shape index (κ1) is 11.6. The fraction of sp³-hybridized carbons (Fsp3) is 0.714. The van der Waals surface area contributed by atoms with Gasteiger partial charge < -0.3 is 0 Å². The Hall–Kier alpha value is -0.920. The number of fused-ring (bicyclic) bond motifs is 1. The lowest BCUT2D eigenvalue weighted by Crippen LogP contribution is -2.19. The Morgan fingerprint density at radius 3 is 2.50 bits per heavy atom. The highest BCUT2D eigenvalue weighted by molar-refractivity contribution is 5.37. The summed E-state index contributed by atoms with van der Waals surface area (Å²) in [6.07, 6.45) is 4.11. The highest BCUT2D eigenvalue weighted by atomic mass is 14.9. The molecule has 1 aromatic heterocycles. The molecular formula is C14H22N2. The van der Waals surface area contributed by atoms with Crippen molar-refractivity contribution >= 4 is 0 Å². The fourth-order valence-corrected chi connectivity index (χ4v) is 2.72. The van der Waals surface area contributed by atoms with Gasteiger partial charge in [0.1, 0.15) is 6.33 Å². The number of rotatable bonds is 1. The van der Waals surface area contributed by atoms with Gasteiger partial charge in [0.05, 0.1) is 5.69 Å². The molecule has 1 atom stereocenters. The molecule has 0 unspecified atom stereocenters. The summed E-state index contributed by atoms with van der Waals surface area (Å²) in [6, 6.07) is 0. The third-order valence-electron chi connectivity index (χ3n) is 3.54. The number of aromatic nitrogens is 2. The second-order valence-corrected chi connectivity index (χ2v) is 6.22. The average Bonchev–Trinajstić information content (AvgIpc) is 2.58. The van der Waals surface area contributed by atoms with Crippen molar-refractivity contribution in [3.8, 4) is 0 Å². The maximum absolute atomic E-state index is 4.54. The lowest BCUT2D eigenvalue weighted by atomic mass is 9.82. The van der Waals surface area contributed by atoms with Gasteiger partial charge in [-0.3, -0.25) is 0 Å². The molecule has 0 saturated carbocycles. The lowest BCUT2D eigenvalue weighted by molar-refractivity contribution is 0.476. The summed E-state index contributed by atoms with van der Waals surface area (Å²) in [5, 5.41) is 0. The lowest BCUT2D eigenvalue weighted by Gasteiger charge is -2.25. The van der Waals surface area contributed by atoms with Gasteiger partial charge in [-0.25, -0.2) is 9.97 Å². The minimum atomic E-state index is 0.129. The van der Waals surface area contributed by atoms with Crippen LogP contribution in [-0.4, -0.2) is 9.97 Å². The zero-order valence-corrected chi connectivity index (χ0v) is 11.0. The molecule has 0 N–H and O–H groups in total. The molecule has 0 spiro atoms. The average molecular weight is 218 g/mol. The summed E-state index contributed by atoms with van der Waals surface area (Å²) in [5.74, 6) is 1.35. The minimum Gasteiger partial charge on any atom is -0.241 e. The minimum absolute atomic E-state index is 0.129. The highest BCUT2D eigenvalue weighted by Gasteiger charge is 2.33. The van der Waals surface area contributed by atoms with Gasteiger partial charge in [-0.2, -0.15) is 0 Å². The molecule has 1 aliphatic rings. The summed E-state index contributed by atoms with van der Waals surface area (Å²) in [7, 11) is 0. The Balaban J connectivity index is 2.54. The first-order chi connectivity index (χ1) is 7.41. The molecule has 0 fully saturated rings. The number of hydrogen-bond acceptors (Lipinski definition) is 2. The van der Waals surface area contributed by atoms with Gasteiger partial charge in [0.2, 0.25) is 0 Å². The van der Waals surface area contributed by atoms with Gasteiger partial charge in [-0.1, -0.05) is 34.6 Å². The largest absolute Gasteiger partial charge is 0.241 e. The normalized spacial score (nSPS) is 20.2. The molecule has 0 bridgehead atoms. The van der Waals surface area contributed by atoms with Gasteiger partial charge in [0.25, 0.3) is 0 Å². The van der Waals surface area contributed by atoms with Crippen LogP contribution < -0.4 is 0 Å². The summed E-state index contributed by atoms with van der Waals surface area (Å²) in [5.41, 5.74) is 4.13. The van der Waals surface area contributed by atoms with E-state index in [9.17, 15) is 0 Å².